The molecule has 1 aliphatic heterocycles. The van der Waals surface area contributed by atoms with Crippen molar-refractivity contribution in [3.8, 4) is 0 Å². The van der Waals surface area contributed by atoms with Gasteiger partial charge in [-0.05, 0) is 24.3 Å². The van der Waals surface area contributed by atoms with E-state index in [1.54, 1.807) is 36.4 Å². The summed E-state index contributed by atoms with van der Waals surface area (Å²) in [5.41, 5.74) is 2.03. The zero-order valence-corrected chi connectivity index (χ0v) is 10.4. The molecule has 1 aliphatic rings. The summed E-state index contributed by atoms with van der Waals surface area (Å²) in [4.78, 5) is 22.7. The number of anilines is 1. The molecular formula is C15H10N2O3. The highest BCUT2D eigenvalue weighted by Crippen LogP contribution is 2.30. The number of hydrogen-bond donors (Lipinski definition) is 1. The normalized spacial score (nSPS) is 15.0. The molecule has 0 aromatic heterocycles. The van der Waals surface area contributed by atoms with Crippen LogP contribution in [0.25, 0.3) is 6.08 Å². The average Bonchev–Trinajstić information content (AvgIpc) is 2.76. The van der Waals surface area contributed by atoms with Gasteiger partial charge in [-0.2, -0.15) is 0 Å². The molecule has 0 unspecified atom stereocenters. The van der Waals surface area contributed by atoms with Gasteiger partial charge in [-0.25, -0.2) is 0 Å². The summed E-state index contributed by atoms with van der Waals surface area (Å²) >= 11 is 0. The van der Waals surface area contributed by atoms with E-state index in [1.807, 2.05) is 6.07 Å². The van der Waals surface area contributed by atoms with Crippen LogP contribution in [0.3, 0.4) is 0 Å². The number of carbonyl (C=O) groups excluding carboxylic acids is 1. The largest absolute Gasteiger partial charge is 0.352 e. The van der Waals surface area contributed by atoms with E-state index in [9.17, 15) is 14.9 Å². The first kappa shape index (κ1) is 12.1. The molecule has 0 spiro atoms. The third kappa shape index (κ3) is 1.95. The summed E-state index contributed by atoms with van der Waals surface area (Å²) < 4.78 is 0. The van der Waals surface area contributed by atoms with Crippen molar-refractivity contribution < 1.29 is 9.72 Å². The van der Waals surface area contributed by atoms with Crippen molar-refractivity contribution in [3.05, 3.63) is 75.5 Å². The Kier molecular flexibility index (Phi) is 2.80. The van der Waals surface area contributed by atoms with Crippen molar-refractivity contribution in [2.45, 2.75) is 0 Å². The number of para-hydroxylation sites is 2. The SMILES string of the molecule is O=C1C(=Cc2ccccc2[N+](=O)[O-])Nc2ccccc21. The standard InChI is InChI=1S/C15H10N2O3/c18-15-11-6-2-3-7-12(11)16-13(15)9-10-5-1-4-8-14(10)17(19)20/h1-9,16H. The first-order chi connectivity index (χ1) is 9.66. The predicted molar refractivity (Wildman–Crippen MR) is 75.5 cm³/mol. The maximum absolute atomic E-state index is 12.2. The molecule has 5 nitrogen and oxygen atoms in total. The van der Waals surface area contributed by atoms with Crippen molar-refractivity contribution in [3.63, 3.8) is 0 Å². The topological polar surface area (TPSA) is 72.2 Å². The molecule has 20 heavy (non-hydrogen) atoms. The summed E-state index contributed by atoms with van der Waals surface area (Å²) in [6.45, 7) is 0. The molecule has 5 heteroatoms. The molecule has 0 saturated heterocycles. The van der Waals surface area contributed by atoms with E-state index >= 15 is 0 Å². The molecule has 98 valence electrons. The Morgan fingerprint density at radius 1 is 1.05 bits per heavy atom. The van der Waals surface area contributed by atoms with Gasteiger partial charge in [0.1, 0.15) is 0 Å². The summed E-state index contributed by atoms with van der Waals surface area (Å²) in [6, 6.07) is 13.5. The Hall–Kier alpha value is -2.95. The minimum Gasteiger partial charge on any atom is -0.352 e. The highest BCUT2D eigenvalue weighted by molar-refractivity contribution is 6.20. The Bertz CT molecular complexity index is 750. The van der Waals surface area contributed by atoms with Crippen LogP contribution in [0, 0.1) is 10.1 Å². The molecule has 0 fully saturated rings. The maximum atomic E-state index is 12.2. The van der Waals surface area contributed by atoms with Crippen LogP contribution < -0.4 is 5.32 Å². The Labute approximate surface area is 114 Å². The lowest BCUT2D eigenvalue weighted by Crippen LogP contribution is -2.00. The van der Waals surface area contributed by atoms with E-state index in [0.29, 0.717) is 16.8 Å². The highest BCUT2D eigenvalue weighted by Gasteiger charge is 2.24. The molecule has 0 atom stereocenters. The van der Waals surface area contributed by atoms with E-state index in [0.717, 1.165) is 5.69 Å². The van der Waals surface area contributed by atoms with Crippen LogP contribution in [0.4, 0.5) is 11.4 Å². The molecule has 0 aliphatic carbocycles. The summed E-state index contributed by atoms with van der Waals surface area (Å²) in [5, 5.41) is 14.0. The molecule has 2 aromatic carbocycles. The number of Topliss-reactive ketones (excluding diaryl/α,β-unsaturated/α-hetero) is 1. The lowest BCUT2D eigenvalue weighted by Gasteiger charge is -2.00. The van der Waals surface area contributed by atoms with Crippen LogP contribution in [-0.4, -0.2) is 10.7 Å². The minimum atomic E-state index is -0.459. The predicted octanol–water partition coefficient (Wildman–Crippen LogP) is 3.24. The van der Waals surface area contributed by atoms with E-state index in [-0.39, 0.29) is 11.5 Å². The van der Waals surface area contributed by atoms with Crippen LogP contribution in [0.1, 0.15) is 15.9 Å². The number of carbonyl (C=O) groups is 1. The van der Waals surface area contributed by atoms with Crippen molar-refractivity contribution in [1.29, 1.82) is 0 Å². The van der Waals surface area contributed by atoms with Gasteiger partial charge in [0.2, 0.25) is 5.78 Å². The van der Waals surface area contributed by atoms with Gasteiger partial charge in [0.25, 0.3) is 5.69 Å². The second-order valence-electron chi connectivity index (χ2n) is 4.37. The maximum Gasteiger partial charge on any atom is 0.276 e. The van der Waals surface area contributed by atoms with Gasteiger partial charge < -0.3 is 5.32 Å². The quantitative estimate of drug-likeness (QED) is 0.514. The number of ketones is 1. The van der Waals surface area contributed by atoms with Crippen LogP contribution in [0.5, 0.6) is 0 Å². The Morgan fingerprint density at radius 2 is 1.75 bits per heavy atom. The van der Waals surface area contributed by atoms with Gasteiger partial charge in [-0.3, -0.25) is 14.9 Å². The van der Waals surface area contributed by atoms with Crippen molar-refractivity contribution in [2.24, 2.45) is 0 Å². The van der Waals surface area contributed by atoms with Crippen molar-refractivity contribution >= 4 is 23.2 Å². The monoisotopic (exact) mass is 266 g/mol. The van der Waals surface area contributed by atoms with Crippen LogP contribution in [0.15, 0.2) is 54.2 Å². The van der Waals surface area contributed by atoms with Gasteiger partial charge >= 0.3 is 0 Å². The molecule has 0 radical (unpaired) electrons. The molecule has 1 N–H and O–H groups in total. The number of nitrogens with zero attached hydrogens (tertiary/aromatic N) is 1. The molecule has 0 saturated carbocycles. The first-order valence-corrected chi connectivity index (χ1v) is 6.02. The first-order valence-electron chi connectivity index (χ1n) is 6.02. The number of nitro benzene ring substituents is 1. The molecule has 3 rings (SSSR count). The van der Waals surface area contributed by atoms with E-state index < -0.39 is 4.92 Å². The lowest BCUT2D eigenvalue weighted by atomic mass is 10.1. The smallest absolute Gasteiger partial charge is 0.276 e. The lowest BCUT2D eigenvalue weighted by molar-refractivity contribution is -0.385. The fraction of sp³-hybridized carbons (Fsp3) is 0. The Morgan fingerprint density at radius 3 is 2.50 bits per heavy atom. The molecule has 0 bridgehead atoms. The zero-order chi connectivity index (χ0) is 14.1. The van der Waals surface area contributed by atoms with Gasteiger partial charge in [-0.1, -0.05) is 24.3 Å². The van der Waals surface area contributed by atoms with E-state index in [2.05, 4.69) is 5.32 Å². The molecule has 1 heterocycles. The van der Waals surface area contributed by atoms with Crippen LogP contribution >= 0.6 is 0 Å². The fourth-order valence-corrected chi connectivity index (χ4v) is 2.17. The summed E-state index contributed by atoms with van der Waals surface area (Å²) in [5.74, 6) is -0.154. The average molecular weight is 266 g/mol. The summed E-state index contributed by atoms with van der Waals surface area (Å²) in [6.07, 6.45) is 1.51. The number of fused-ring (bicyclic) bond motifs is 1. The number of benzene rings is 2. The minimum absolute atomic E-state index is 0.0226. The van der Waals surface area contributed by atoms with Crippen molar-refractivity contribution in [2.75, 3.05) is 5.32 Å². The van der Waals surface area contributed by atoms with Gasteiger partial charge in [0.05, 0.1) is 16.2 Å². The van der Waals surface area contributed by atoms with E-state index in [1.165, 1.54) is 12.1 Å². The third-order valence-corrected chi connectivity index (χ3v) is 3.12. The molecule has 0 amide bonds. The highest BCUT2D eigenvalue weighted by atomic mass is 16.6. The number of allylic oxidation sites excluding steroid dienone is 1. The fourth-order valence-electron chi connectivity index (χ4n) is 2.17. The van der Waals surface area contributed by atoms with Crippen LogP contribution in [0.2, 0.25) is 0 Å². The number of nitro groups is 1. The number of hydrogen-bond acceptors (Lipinski definition) is 4. The number of rotatable bonds is 2. The van der Waals surface area contributed by atoms with Crippen LogP contribution in [-0.2, 0) is 0 Å². The van der Waals surface area contributed by atoms with Gasteiger partial charge in [-0.15, -0.1) is 0 Å². The summed E-state index contributed by atoms with van der Waals surface area (Å²) in [7, 11) is 0. The van der Waals surface area contributed by atoms with Crippen molar-refractivity contribution in [1.82, 2.24) is 0 Å². The second-order valence-corrected chi connectivity index (χ2v) is 4.37. The van der Waals surface area contributed by atoms with Gasteiger partial charge in [0.15, 0.2) is 0 Å². The van der Waals surface area contributed by atoms with E-state index in [4.69, 9.17) is 0 Å². The second kappa shape index (κ2) is 4.62. The number of nitrogens with one attached hydrogen (secondary N) is 1. The molecule has 2 aromatic rings. The molecular weight excluding hydrogens is 256 g/mol. The van der Waals surface area contributed by atoms with Gasteiger partial charge in [0, 0.05) is 17.3 Å². The third-order valence-electron chi connectivity index (χ3n) is 3.12. The zero-order valence-electron chi connectivity index (χ0n) is 10.4. The Balaban J connectivity index is 2.04.